The largest absolute Gasteiger partial charge is 0.352 e. The lowest BCUT2D eigenvalue weighted by atomic mass is 10.1. The molecule has 0 fully saturated rings. The van der Waals surface area contributed by atoms with Crippen LogP contribution in [0.3, 0.4) is 0 Å². The number of aryl methyl sites for hydroxylation is 1. The van der Waals surface area contributed by atoms with Gasteiger partial charge in [0.1, 0.15) is 11.6 Å². The van der Waals surface area contributed by atoms with Crippen LogP contribution >= 0.6 is 0 Å². The standard InChI is InChI=1S/C24H21FN4O2/c1-15-27-22-12-5-18(13-23(22)29(15)21-10-6-19(25)7-11-21)24(31)28-20-8-3-17(4-9-20)14-26-16(2)30/h3-13H,14H2,1-2H3,(H,26,30)(H,28,31). The first kappa shape index (κ1) is 20.3. The Balaban J connectivity index is 1.58. The zero-order chi connectivity index (χ0) is 22.0. The van der Waals surface area contributed by atoms with Gasteiger partial charge in [0.2, 0.25) is 5.91 Å². The first-order valence-corrected chi connectivity index (χ1v) is 9.80. The van der Waals surface area contributed by atoms with Crippen LogP contribution in [0, 0.1) is 12.7 Å². The number of nitrogens with zero attached hydrogens (tertiary/aromatic N) is 2. The van der Waals surface area contributed by atoms with E-state index in [0.29, 0.717) is 17.8 Å². The van der Waals surface area contributed by atoms with E-state index in [2.05, 4.69) is 15.6 Å². The highest BCUT2D eigenvalue weighted by atomic mass is 19.1. The van der Waals surface area contributed by atoms with Crippen LogP contribution in [0.15, 0.2) is 66.7 Å². The Labute approximate surface area is 178 Å². The van der Waals surface area contributed by atoms with Crippen molar-refractivity contribution in [2.45, 2.75) is 20.4 Å². The minimum Gasteiger partial charge on any atom is -0.352 e. The maximum atomic E-state index is 13.3. The third-order valence-electron chi connectivity index (χ3n) is 4.92. The van der Waals surface area contributed by atoms with Crippen molar-refractivity contribution in [3.05, 3.63) is 89.5 Å². The molecule has 6 nitrogen and oxygen atoms in total. The molecule has 31 heavy (non-hydrogen) atoms. The maximum Gasteiger partial charge on any atom is 0.255 e. The molecule has 4 rings (SSSR count). The Bertz CT molecular complexity index is 1260. The summed E-state index contributed by atoms with van der Waals surface area (Å²) in [5, 5.41) is 5.62. The molecule has 0 atom stereocenters. The Morgan fingerprint density at radius 1 is 1.00 bits per heavy atom. The summed E-state index contributed by atoms with van der Waals surface area (Å²) >= 11 is 0. The van der Waals surface area contributed by atoms with Crippen molar-refractivity contribution in [1.82, 2.24) is 14.9 Å². The van der Waals surface area contributed by atoms with Gasteiger partial charge >= 0.3 is 0 Å². The van der Waals surface area contributed by atoms with E-state index in [1.165, 1.54) is 19.1 Å². The molecule has 0 unspecified atom stereocenters. The second-order valence-corrected chi connectivity index (χ2v) is 7.24. The number of amides is 2. The third kappa shape index (κ3) is 4.45. The first-order valence-electron chi connectivity index (χ1n) is 9.80. The van der Waals surface area contributed by atoms with Crippen molar-refractivity contribution in [3.63, 3.8) is 0 Å². The molecule has 4 aromatic rings. The molecular weight excluding hydrogens is 395 g/mol. The molecule has 0 aliphatic rings. The van der Waals surface area contributed by atoms with Gasteiger partial charge in [0.25, 0.3) is 5.91 Å². The predicted octanol–water partition coefficient (Wildman–Crippen LogP) is 4.36. The molecule has 2 amide bonds. The maximum absolute atomic E-state index is 13.3. The number of halogens is 1. The van der Waals surface area contributed by atoms with Crippen LogP contribution in [-0.4, -0.2) is 21.4 Å². The summed E-state index contributed by atoms with van der Waals surface area (Å²) in [5.74, 6) is 0.0896. The van der Waals surface area contributed by atoms with Crippen LogP contribution in [0.5, 0.6) is 0 Å². The summed E-state index contributed by atoms with van der Waals surface area (Å²) in [6, 6.07) is 18.7. The van der Waals surface area contributed by atoms with Crippen molar-refractivity contribution < 1.29 is 14.0 Å². The zero-order valence-corrected chi connectivity index (χ0v) is 17.1. The van der Waals surface area contributed by atoms with Crippen molar-refractivity contribution in [3.8, 4) is 5.69 Å². The molecule has 0 spiro atoms. The van der Waals surface area contributed by atoms with Crippen LogP contribution in [0.2, 0.25) is 0 Å². The number of hydrogen-bond donors (Lipinski definition) is 2. The molecule has 0 aliphatic carbocycles. The van der Waals surface area contributed by atoms with E-state index in [9.17, 15) is 14.0 Å². The highest BCUT2D eigenvalue weighted by Crippen LogP contribution is 2.23. The summed E-state index contributed by atoms with van der Waals surface area (Å²) < 4.78 is 15.2. The Kier molecular flexibility index (Phi) is 5.49. The fourth-order valence-corrected chi connectivity index (χ4v) is 3.39. The third-order valence-corrected chi connectivity index (χ3v) is 4.92. The molecule has 0 saturated carbocycles. The topological polar surface area (TPSA) is 76.0 Å². The molecule has 0 radical (unpaired) electrons. The molecule has 0 saturated heterocycles. The number of imidazole rings is 1. The van der Waals surface area contributed by atoms with Gasteiger partial charge in [-0.2, -0.15) is 0 Å². The molecule has 0 bridgehead atoms. The van der Waals surface area contributed by atoms with Gasteiger partial charge in [-0.3, -0.25) is 14.2 Å². The summed E-state index contributed by atoms with van der Waals surface area (Å²) in [6.07, 6.45) is 0. The number of anilines is 1. The van der Waals surface area contributed by atoms with Gasteiger partial charge in [0, 0.05) is 30.4 Å². The summed E-state index contributed by atoms with van der Waals surface area (Å²) in [7, 11) is 0. The zero-order valence-electron chi connectivity index (χ0n) is 17.1. The second kappa shape index (κ2) is 8.39. The number of hydrogen-bond acceptors (Lipinski definition) is 3. The van der Waals surface area contributed by atoms with Crippen molar-refractivity contribution in [2.24, 2.45) is 0 Å². The van der Waals surface area contributed by atoms with Gasteiger partial charge in [-0.25, -0.2) is 9.37 Å². The average Bonchev–Trinajstić information content (AvgIpc) is 3.08. The van der Waals surface area contributed by atoms with Crippen LogP contribution in [0.25, 0.3) is 16.7 Å². The van der Waals surface area contributed by atoms with E-state index in [4.69, 9.17) is 0 Å². The second-order valence-electron chi connectivity index (χ2n) is 7.24. The molecule has 2 N–H and O–H groups in total. The number of rotatable bonds is 5. The first-order chi connectivity index (χ1) is 14.9. The molecule has 7 heteroatoms. The predicted molar refractivity (Wildman–Crippen MR) is 118 cm³/mol. The summed E-state index contributed by atoms with van der Waals surface area (Å²) in [6.45, 7) is 3.77. The van der Waals surface area contributed by atoms with Crippen molar-refractivity contribution in [1.29, 1.82) is 0 Å². The quantitative estimate of drug-likeness (QED) is 0.508. The van der Waals surface area contributed by atoms with Crippen LogP contribution in [0.1, 0.15) is 28.7 Å². The lowest BCUT2D eigenvalue weighted by Gasteiger charge is -2.09. The molecule has 3 aromatic carbocycles. The highest BCUT2D eigenvalue weighted by Gasteiger charge is 2.13. The summed E-state index contributed by atoms with van der Waals surface area (Å²) in [5.41, 5.74) is 4.36. The highest BCUT2D eigenvalue weighted by molar-refractivity contribution is 6.06. The minimum absolute atomic E-state index is 0.0945. The number of carbonyl (C=O) groups is 2. The fraction of sp³-hybridized carbons (Fsp3) is 0.125. The Morgan fingerprint density at radius 3 is 2.39 bits per heavy atom. The van der Waals surface area contributed by atoms with E-state index >= 15 is 0 Å². The molecular formula is C24H21FN4O2. The van der Waals surface area contributed by atoms with Crippen LogP contribution in [-0.2, 0) is 11.3 Å². The molecule has 1 aromatic heterocycles. The van der Waals surface area contributed by atoms with Crippen LogP contribution < -0.4 is 10.6 Å². The van der Waals surface area contributed by atoms with Gasteiger partial charge in [-0.15, -0.1) is 0 Å². The van der Waals surface area contributed by atoms with Crippen molar-refractivity contribution in [2.75, 3.05) is 5.32 Å². The number of aromatic nitrogens is 2. The van der Waals surface area contributed by atoms with E-state index in [-0.39, 0.29) is 17.6 Å². The fourth-order valence-electron chi connectivity index (χ4n) is 3.39. The van der Waals surface area contributed by atoms with Gasteiger partial charge < -0.3 is 10.6 Å². The van der Waals surface area contributed by atoms with E-state index < -0.39 is 0 Å². The number of benzene rings is 3. The van der Waals surface area contributed by atoms with Gasteiger partial charge in [-0.1, -0.05) is 12.1 Å². The monoisotopic (exact) mass is 416 g/mol. The van der Waals surface area contributed by atoms with Crippen LogP contribution in [0.4, 0.5) is 10.1 Å². The van der Waals surface area contributed by atoms with E-state index in [0.717, 1.165) is 28.1 Å². The SMILES string of the molecule is CC(=O)NCc1ccc(NC(=O)c2ccc3nc(C)n(-c4ccc(F)cc4)c3c2)cc1. The Hall–Kier alpha value is -4.00. The van der Waals surface area contributed by atoms with Gasteiger partial charge in [0.15, 0.2) is 0 Å². The lowest BCUT2D eigenvalue weighted by molar-refractivity contribution is -0.119. The smallest absolute Gasteiger partial charge is 0.255 e. The number of carbonyl (C=O) groups excluding carboxylic acids is 2. The van der Waals surface area contributed by atoms with E-state index in [1.807, 2.05) is 23.6 Å². The minimum atomic E-state index is -0.311. The van der Waals surface area contributed by atoms with Crippen molar-refractivity contribution >= 4 is 28.5 Å². The molecule has 1 heterocycles. The van der Waals surface area contributed by atoms with Gasteiger partial charge in [0.05, 0.1) is 11.0 Å². The lowest BCUT2D eigenvalue weighted by Crippen LogP contribution is -2.18. The normalized spacial score (nSPS) is 10.8. The van der Waals surface area contributed by atoms with E-state index in [1.54, 1.807) is 42.5 Å². The average molecular weight is 416 g/mol. The number of fused-ring (bicyclic) bond motifs is 1. The molecule has 156 valence electrons. The summed E-state index contributed by atoms with van der Waals surface area (Å²) in [4.78, 5) is 28.4. The number of nitrogens with one attached hydrogen (secondary N) is 2. The Morgan fingerprint density at radius 2 is 1.71 bits per heavy atom. The van der Waals surface area contributed by atoms with Gasteiger partial charge in [-0.05, 0) is 67.1 Å². The molecule has 0 aliphatic heterocycles.